The molecule has 1 fully saturated rings. The molecule has 0 atom stereocenters. The first-order valence-electron chi connectivity index (χ1n) is 11.4. The Balaban J connectivity index is 1.43. The third kappa shape index (κ3) is 5.32. The van der Waals surface area contributed by atoms with E-state index < -0.39 is 17.4 Å². The van der Waals surface area contributed by atoms with Crippen LogP contribution in [0.1, 0.15) is 57.7 Å². The van der Waals surface area contributed by atoms with E-state index in [9.17, 15) is 19.5 Å². The van der Waals surface area contributed by atoms with E-state index in [1.54, 1.807) is 66.5 Å². The van der Waals surface area contributed by atoms with Crippen LogP contribution in [0.4, 0.5) is 0 Å². The first-order valence-corrected chi connectivity index (χ1v) is 11.4. The Morgan fingerprint density at radius 2 is 1.83 bits per heavy atom. The second kappa shape index (κ2) is 10.4. The number of hydrogen-bond acceptors (Lipinski definition) is 5. The highest BCUT2D eigenvalue weighted by Gasteiger charge is 2.42. The fourth-order valence-corrected chi connectivity index (χ4v) is 4.29. The number of hydrogen-bond donors (Lipinski definition) is 2. The maximum absolute atomic E-state index is 12.9. The third-order valence-corrected chi connectivity index (χ3v) is 6.26. The topological polar surface area (TPSA) is 111 Å². The van der Waals surface area contributed by atoms with Gasteiger partial charge in [-0.3, -0.25) is 14.3 Å². The van der Waals surface area contributed by atoms with Crippen LogP contribution in [0, 0.1) is 0 Å². The van der Waals surface area contributed by atoms with Crippen LogP contribution in [0.2, 0.25) is 0 Å². The van der Waals surface area contributed by atoms with Crippen LogP contribution in [-0.4, -0.2) is 45.2 Å². The Hall–Kier alpha value is -4.20. The number of carbonyl (C=O) groups excluding carboxylic acids is 2. The molecule has 0 unspecified atom stereocenters. The zero-order valence-corrected chi connectivity index (χ0v) is 19.4. The summed E-state index contributed by atoms with van der Waals surface area (Å²) >= 11 is 0. The summed E-state index contributed by atoms with van der Waals surface area (Å²) in [6, 6.07) is 15.6. The van der Waals surface area contributed by atoms with Crippen LogP contribution in [0.3, 0.4) is 0 Å². The lowest BCUT2D eigenvalue weighted by Gasteiger charge is -2.25. The molecule has 2 N–H and O–H groups in total. The highest BCUT2D eigenvalue weighted by atomic mass is 16.5. The van der Waals surface area contributed by atoms with E-state index in [-0.39, 0.29) is 5.78 Å². The number of benzene rings is 2. The molecule has 1 aliphatic rings. The number of amides is 1. The minimum absolute atomic E-state index is 0.142. The molecule has 1 aliphatic carbocycles. The van der Waals surface area contributed by atoms with Crippen molar-refractivity contribution in [2.45, 2.75) is 37.8 Å². The van der Waals surface area contributed by atoms with Gasteiger partial charge in [0.15, 0.2) is 0 Å². The first-order chi connectivity index (χ1) is 16.9. The van der Waals surface area contributed by atoms with E-state index in [0.29, 0.717) is 42.0 Å². The maximum atomic E-state index is 12.9. The summed E-state index contributed by atoms with van der Waals surface area (Å²) in [5, 5.41) is 16.6. The van der Waals surface area contributed by atoms with Crippen molar-refractivity contribution in [1.29, 1.82) is 0 Å². The van der Waals surface area contributed by atoms with E-state index in [1.807, 2.05) is 18.2 Å². The SMILES string of the molecule is COc1ccc(C(=O)c2ccnn2C/C=C/c2cccc(C(=O)NC3(C(=O)O)CCCC3)c2)cc1. The largest absolute Gasteiger partial charge is 0.497 e. The van der Waals surface area contributed by atoms with Gasteiger partial charge in [-0.15, -0.1) is 0 Å². The number of nitrogens with zero attached hydrogens (tertiary/aromatic N) is 2. The molecule has 35 heavy (non-hydrogen) atoms. The maximum Gasteiger partial charge on any atom is 0.329 e. The average molecular weight is 474 g/mol. The number of methoxy groups -OCH3 is 1. The summed E-state index contributed by atoms with van der Waals surface area (Å²) in [4.78, 5) is 37.4. The first kappa shape index (κ1) is 23.9. The van der Waals surface area contributed by atoms with Crippen molar-refractivity contribution in [1.82, 2.24) is 15.1 Å². The van der Waals surface area contributed by atoms with E-state index in [2.05, 4.69) is 10.4 Å². The molecule has 0 aliphatic heterocycles. The number of nitrogens with one attached hydrogen (secondary N) is 1. The Labute approximate surface area is 203 Å². The lowest BCUT2D eigenvalue weighted by Crippen LogP contribution is -2.52. The van der Waals surface area contributed by atoms with Crippen LogP contribution in [0.5, 0.6) is 5.75 Å². The predicted octanol–water partition coefficient (Wildman–Crippen LogP) is 3.96. The molecule has 0 spiro atoms. The number of allylic oxidation sites excluding steroid dienone is 1. The summed E-state index contributed by atoms with van der Waals surface area (Å²) in [7, 11) is 1.57. The van der Waals surface area contributed by atoms with Gasteiger partial charge in [0.05, 0.1) is 13.7 Å². The Kier molecular flexibility index (Phi) is 7.10. The molecule has 0 radical (unpaired) electrons. The molecule has 1 aromatic heterocycles. The molecule has 1 heterocycles. The molecule has 4 rings (SSSR count). The molecule has 8 nitrogen and oxygen atoms in total. The van der Waals surface area contributed by atoms with Gasteiger partial charge in [-0.1, -0.05) is 37.1 Å². The van der Waals surface area contributed by atoms with E-state index in [1.165, 1.54) is 0 Å². The number of carboxylic acid groups (broad SMARTS) is 1. The standard InChI is InChI=1S/C27H27N3O5/c1-35-22-11-9-20(10-12-22)24(31)23-13-16-28-30(23)17-5-7-19-6-4-8-21(18-19)25(32)29-27(26(33)34)14-2-3-15-27/h4-13,16,18H,2-3,14-15,17H2,1H3,(H,29,32)(H,33,34)/b7-5+. The second-order valence-electron chi connectivity index (χ2n) is 8.53. The van der Waals surface area contributed by atoms with Gasteiger partial charge in [0.25, 0.3) is 5.91 Å². The van der Waals surface area contributed by atoms with Crippen molar-refractivity contribution in [3.8, 4) is 5.75 Å². The Morgan fingerprint density at radius 1 is 1.09 bits per heavy atom. The lowest BCUT2D eigenvalue weighted by molar-refractivity contribution is -0.144. The number of aliphatic carboxylic acids is 1. The Bertz CT molecular complexity index is 1250. The molecular formula is C27H27N3O5. The molecule has 8 heteroatoms. The number of aromatic nitrogens is 2. The molecule has 180 valence electrons. The van der Waals surface area contributed by atoms with Crippen LogP contribution in [-0.2, 0) is 11.3 Å². The van der Waals surface area contributed by atoms with Crippen LogP contribution >= 0.6 is 0 Å². The van der Waals surface area contributed by atoms with Gasteiger partial charge in [0, 0.05) is 17.3 Å². The van der Waals surface area contributed by atoms with Crippen molar-refractivity contribution in [3.63, 3.8) is 0 Å². The highest BCUT2D eigenvalue weighted by molar-refractivity contribution is 6.07. The van der Waals surface area contributed by atoms with Gasteiger partial charge in [-0.25, -0.2) is 4.79 Å². The van der Waals surface area contributed by atoms with Crippen molar-refractivity contribution in [3.05, 3.63) is 89.3 Å². The molecule has 2 aromatic carbocycles. The Morgan fingerprint density at radius 3 is 2.51 bits per heavy atom. The minimum atomic E-state index is -1.18. The van der Waals surface area contributed by atoms with Crippen LogP contribution in [0.25, 0.3) is 6.08 Å². The van der Waals surface area contributed by atoms with E-state index >= 15 is 0 Å². The molecular weight excluding hydrogens is 446 g/mol. The number of carboxylic acids is 1. The molecule has 0 saturated heterocycles. The smallest absolute Gasteiger partial charge is 0.329 e. The molecule has 1 saturated carbocycles. The van der Waals surface area contributed by atoms with Crippen molar-refractivity contribution in [2.75, 3.05) is 7.11 Å². The predicted molar refractivity (Wildman–Crippen MR) is 130 cm³/mol. The summed E-state index contributed by atoms with van der Waals surface area (Å²) < 4.78 is 6.75. The van der Waals surface area contributed by atoms with Crippen molar-refractivity contribution < 1.29 is 24.2 Å². The lowest BCUT2D eigenvalue weighted by atomic mass is 9.97. The van der Waals surface area contributed by atoms with Gasteiger partial charge in [0.1, 0.15) is 17.0 Å². The van der Waals surface area contributed by atoms with Crippen molar-refractivity contribution >= 4 is 23.7 Å². The summed E-state index contributed by atoms with van der Waals surface area (Å²) in [5.74, 6) is -0.852. The zero-order valence-electron chi connectivity index (χ0n) is 19.4. The van der Waals surface area contributed by atoms with Gasteiger partial charge < -0.3 is 15.2 Å². The highest BCUT2D eigenvalue weighted by Crippen LogP contribution is 2.30. The minimum Gasteiger partial charge on any atom is -0.497 e. The summed E-state index contributed by atoms with van der Waals surface area (Å²) in [6.45, 7) is 0.364. The molecule has 1 amide bonds. The quantitative estimate of drug-likeness (QED) is 0.455. The van der Waals surface area contributed by atoms with Gasteiger partial charge >= 0.3 is 5.97 Å². The summed E-state index contributed by atoms with van der Waals surface area (Å²) in [5.41, 5.74) is 0.994. The van der Waals surface area contributed by atoms with Crippen molar-refractivity contribution in [2.24, 2.45) is 0 Å². The normalized spacial score (nSPS) is 14.7. The zero-order chi connectivity index (χ0) is 24.8. The van der Waals surface area contributed by atoms with Crippen LogP contribution in [0.15, 0.2) is 66.9 Å². The monoisotopic (exact) mass is 473 g/mol. The van der Waals surface area contributed by atoms with Gasteiger partial charge in [-0.05, 0) is 60.9 Å². The third-order valence-electron chi connectivity index (χ3n) is 6.26. The number of ketones is 1. The van der Waals surface area contributed by atoms with Gasteiger partial charge in [0.2, 0.25) is 5.78 Å². The molecule has 3 aromatic rings. The van der Waals surface area contributed by atoms with Gasteiger partial charge in [-0.2, -0.15) is 5.10 Å². The molecule has 0 bridgehead atoms. The fourth-order valence-electron chi connectivity index (χ4n) is 4.29. The number of carbonyl (C=O) groups is 3. The van der Waals surface area contributed by atoms with Crippen LogP contribution < -0.4 is 10.1 Å². The number of ether oxygens (including phenoxy) is 1. The summed E-state index contributed by atoms with van der Waals surface area (Å²) in [6.07, 6.45) is 7.71. The average Bonchev–Trinajstić information content (AvgIpc) is 3.54. The fraction of sp³-hybridized carbons (Fsp3) is 0.259. The van der Waals surface area contributed by atoms with E-state index in [0.717, 1.165) is 18.4 Å². The van der Waals surface area contributed by atoms with E-state index in [4.69, 9.17) is 4.74 Å². The second-order valence-corrected chi connectivity index (χ2v) is 8.53. The number of rotatable bonds is 9.